The van der Waals surface area contributed by atoms with Gasteiger partial charge in [0.25, 0.3) is 0 Å². The average Bonchev–Trinajstić information content (AvgIpc) is 3.03. The minimum Gasteiger partial charge on any atom is -0.326 e. The van der Waals surface area contributed by atoms with Crippen molar-refractivity contribution in [3.63, 3.8) is 0 Å². The van der Waals surface area contributed by atoms with Crippen molar-refractivity contribution in [3.05, 3.63) is 36.4 Å². The van der Waals surface area contributed by atoms with Crippen LogP contribution in [0.3, 0.4) is 0 Å². The van der Waals surface area contributed by atoms with Crippen LogP contribution in [0.1, 0.15) is 47.0 Å². The highest BCUT2D eigenvalue weighted by Gasteiger charge is 2.35. The molecular formula is C23H34N4O. The van der Waals surface area contributed by atoms with Crippen LogP contribution in [-0.4, -0.2) is 21.7 Å². The number of nitrogens with one attached hydrogen (secondary N) is 1. The molecule has 1 aromatic heterocycles. The fraction of sp³-hybridized carbons (Fsp3) is 0.565. The van der Waals surface area contributed by atoms with Crippen molar-refractivity contribution in [2.45, 2.75) is 59.5 Å². The second kappa shape index (κ2) is 8.91. The van der Waals surface area contributed by atoms with Crippen molar-refractivity contribution in [2.24, 2.45) is 29.4 Å². The number of aromatic nitrogens is 2. The highest BCUT2D eigenvalue weighted by atomic mass is 16.2. The van der Waals surface area contributed by atoms with Gasteiger partial charge >= 0.3 is 0 Å². The zero-order valence-electron chi connectivity index (χ0n) is 17.6. The summed E-state index contributed by atoms with van der Waals surface area (Å²) in [5.74, 6) is 2.46. The number of amides is 1. The Labute approximate surface area is 168 Å². The van der Waals surface area contributed by atoms with E-state index in [0.29, 0.717) is 24.3 Å². The van der Waals surface area contributed by atoms with Gasteiger partial charge in [0, 0.05) is 23.6 Å². The van der Waals surface area contributed by atoms with Gasteiger partial charge in [-0.05, 0) is 37.5 Å². The van der Waals surface area contributed by atoms with Crippen LogP contribution in [0.25, 0.3) is 11.3 Å². The summed E-state index contributed by atoms with van der Waals surface area (Å²) in [6, 6.07) is 12.0. The summed E-state index contributed by atoms with van der Waals surface area (Å²) in [5.41, 5.74) is 7.91. The molecule has 4 atom stereocenters. The predicted molar refractivity (Wildman–Crippen MR) is 115 cm³/mol. The van der Waals surface area contributed by atoms with Gasteiger partial charge in [-0.15, -0.1) is 0 Å². The van der Waals surface area contributed by atoms with Crippen molar-refractivity contribution in [1.29, 1.82) is 0 Å². The number of benzene rings is 1. The molecule has 1 aliphatic carbocycles. The summed E-state index contributed by atoms with van der Waals surface area (Å²) < 4.78 is 1.83. The lowest BCUT2D eigenvalue weighted by Crippen LogP contribution is -2.37. The van der Waals surface area contributed by atoms with E-state index in [0.717, 1.165) is 29.9 Å². The van der Waals surface area contributed by atoms with Gasteiger partial charge in [-0.25, -0.2) is 4.68 Å². The van der Waals surface area contributed by atoms with Crippen LogP contribution in [0.2, 0.25) is 0 Å². The molecule has 3 N–H and O–H groups in total. The molecule has 1 aromatic carbocycles. The standard InChI is InChI=1S/C23H34N4O/c1-15(2)19-11-10-16(3)12-20(19)23(28)25-22-13-21(18-8-6-5-7-9-18)26-27(22)14-17(4)24/h5-9,13,15-17,19-20H,10-12,14,24H2,1-4H3,(H,25,28)/t16-,17?,19+,20-/m1/s1. The molecule has 3 rings (SSSR count). The van der Waals surface area contributed by atoms with Crippen molar-refractivity contribution in [1.82, 2.24) is 9.78 Å². The fourth-order valence-corrected chi connectivity index (χ4v) is 4.40. The Morgan fingerprint density at radius 2 is 1.96 bits per heavy atom. The first kappa shape index (κ1) is 20.6. The highest BCUT2D eigenvalue weighted by Crippen LogP contribution is 2.38. The number of nitrogens with two attached hydrogens (primary N) is 1. The molecule has 5 nitrogen and oxygen atoms in total. The van der Waals surface area contributed by atoms with Gasteiger partial charge in [0.2, 0.25) is 5.91 Å². The number of carbonyl (C=O) groups is 1. The maximum absolute atomic E-state index is 13.2. The van der Waals surface area contributed by atoms with Gasteiger partial charge in [0.15, 0.2) is 0 Å². The van der Waals surface area contributed by atoms with E-state index in [-0.39, 0.29) is 17.9 Å². The number of rotatable bonds is 6. The maximum atomic E-state index is 13.2. The van der Waals surface area contributed by atoms with Gasteiger partial charge in [-0.3, -0.25) is 4.79 Å². The molecule has 1 saturated carbocycles. The van der Waals surface area contributed by atoms with Gasteiger partial charge in [-0.2, -0.15) is 5.10 Å². The van der Waals surface area contributed by atoms with Gasteiger partial charge in [0.1, 0.15) is 5.82 Å². The van der Waals surface area contributed by atoms with Crippen molar-refractivity contribution < 1.29 is 4.79 Å². The molecule has 1 unspecified atom stereocenters. The molecule has 2 aromatic rings. The third kappa shape index (κ3) is 4.82. The molecule has 28 heavy (non-hydrogen) atoms. The summed E-state index contributed by atoms with van der Waals surface area (Å²) in [4.78, 5) is 13.2. The van der Waals surface area contributed by atoms with Gasteiger partial charge in [0.05, 0.1) is 12.2 Å². The maximum Gasteiger partial charge on any atom is 0.228 e. The molecule has 0 saturated heterocycles. The predicted octanol–water partition coefficient (Wildman–Crippen LogP) is 4.54. The molecule has 0 aliphatic heterocycles. The Kier molecular flexibility index (Phi) is 6.55. The van der Waals surface area contributed by atoms with Crippen molar-refractivity contribution >= 4 is 11.7 Å². The highest BCUT2D eigenvalue weighted by molar-refractivity contribution is 5.92. The van der Waals surface area contributed by atoms with Crippen LogP contribution in [0.15, 0.2) is 36.4 Å². The van der Waals surface area contributed by atoms with E-state index in [4.69, 9.17) is 10.8 Å². The van der Waals surface area contributed by atoms with Crippen LogP contribution < -0.4 is 11.1 Å². The number of anilines is 1. The first-order chi connectivity index (χ1) is 13.3. The van der Waals surface area contributed by atoms with Crippen LogP contribution in [0.5, 0.6) is 0 Å². The van der Waals surface area contributed by atoms with Crippen LogP contribution in [0, 0.1) is 23.7 Å². The topological polar surface area (TPSA) is 72.9 Å². The summed E-state index contributed by atoms with van der Waals surface area (Å²) >= 11 is 0. The van der Waals surface area contributed by atoms with Gasteiger partial charge < -0.3 is 11.1 Å². The molecule has 152 valence electrons. The zero-order chi connectivity index (χ0) is 20.3. The molecule has 0 bridgehead atoms. The van der Waals surface area contributed by atoms with E-state index < -0.39 is 0 Å². The number of hydrogen-bond donors (Lipinski definition) is 2. The lowest BCUT2D eigenvalue weighted by atomic mass is 9.70. The quantitative estimate of drug-likeness (QED) is 0.770. The monoisotopic (exact) mass is 382 g/mol. The number of hydrogen-bond acceptors (Lipinski definition) is 3. The number of carbonyl (C=O) groups excluding carboxylic acids is 1. The molecule has 0 spiro atoms. The molecular weight excluding hydrogens is 348 g/mol. The SMILES string of the molecule is CC(N)Cn1nc(-c2ccccc2)cc1NC(=O)[C@@H]1C[C@H](C)CC[C@H]1C(C)C. The second-order valence-corrected chi connectivity index (χ2v) is 8.86. The summed E-state index contributed by atoms with van der Waals surface area (Å²) in [5, 5.41) is 7.90. The number of nitrogens with zero attached hydrogens (tertiary/aromatic N) is 2. The fourth-order valence-electron chi connectivity index (χ4n) is 4.40. The minimum atomic E-state index is -0.0442. The summed E-state index contributed by atoms with van der Waals surface area (Å²) in [6.07, 6.45) is 3.31. The van der Waals surface area contributed by atoms with Crippen molar-refractivity contribution in [3.8, 4) is 11.3 Å². The molecule has 1 aliphatic rings. The Hall–Kier alpha value is -2.14. The molecule has 1 heterocycles. The molecule has 1 amide bonds. The van der Waals surface area contributed by atoms with Gasteiger partial charge in [-0.1, -0.05) is 57.5 Å². The smallest absolute Gasteiger partial charge is 0.228 e. The Balaban J connectivity index is 1.85. The van der Waals surface area contributed by atoms with Crippen LogP contribution in [-0.2, 0) is 11.3 Å². The van der Waals surface area contributed by atoms with E-state index in [1.54, 1.807) is 0 Å². The third-order valence-electron chi connectivity index (χ3n) is 5.92. The van der Waals surface area contributed by atoms with Crippen molar-refractivity contribution in [2.75, 3.05) is 5.32 Å². The van der Waals surface area contributed by atoms with E-state index in [1.807, 2.05) is 48.0 Å². The Bertz CT molecular complexity index is 781. The van der Waals surface area contributed by atoms with Crippen LogP contribution in [0.4, 0.5) is 5.82 Å². The average molecular weight is 383 g/mol. The van der Waals surface area contributed by atoms with E-state index >= 15 is 0 Å². The Morgan fingerprint density at radius 3 is 2.61 bits per heavy atom. The minimum absolute atomic E-state index is 0.0442. The largest absolute Gasteiger partial charge is 0.326 e. The van der Waals surface area contributed by atoms with E-state index in [9.17, 15) is 4.79 Å². The Morgan fingerprint density at radius 1 is 1.25 bits per heavy atom. The summed E-state index contributed by atoms with van der Waals surface area (Å²) in [7, 11) is 0. The third-order valence-corrected chi connectivity index (χ3v) is 5.92. The normalized spacial score (nSPS) is 23.6. The second-order valence-electron chi connectivity index (χ2n) is 8.86. The lowest BCUT2D eigenvalue weighted by Gasteiger charge is -2.36. The van der Waals surface area contributed by atoms with E-state index in [2.05, 4.69) is 26.1 Å². The lowest BCUT2D eigenvalue weighted by molar-refractivity contribution is -0.124. The summed E-state index contributed by atoms with van der Waals surface area (Å²) in [6.45, 7) is 9.23. The molecule has 0 radical (unpaired) electrons. The molecule has 5 heteroatoms. The zero-order valence-corrected chi connectivity index (χ0v) is 17.6. The molecule has 1 fully saturated rings. The van der Waals surface area contributed by atoms with E-state index in [1.165, 1.54) is 6.42 Å². The first-order valence-electron chi connectivity index (χ1n) is 10.5. The van der Waals surface area contributed by atoms with Crippen LogP contribution >= 0.6 is 0 Å². The first-order valence-corrected chi connectivity index (χ1v) is 10.5.